The molecule has 150 valence electrons. The van der Waals surface area contributed by atoms with Crippen LogP contribution in [0, 0.1) is 0 Å². The highest BCUT2D eigenvalue weighted by Gasteiger charge is 2.27. The van der Waals surface area contributed by atoms with Gasteiger partial charge in [0.1, 0.15) is 6.54 Å². The maximum atomic E-state index is 13.2. The fourth-order valence-electron chi connectivity index (χ4n) is 2.92. The molecule has 0 fully saturated rings. The van der Waals surface area contributed by atoms with E-state index in [0.29, 0.717) is 12.2 Å². The topological polar surface area (TPSA) is 66.5 Å². The van der Waals surface area contributed by atoms with Crippen molar-refractivity contribution in [2.24, 2.45) is 0 Å². The summed E-state index contributed by atoms with van der Waals surface area (Å²) in [5.41, 5.74) is 2.51. The van der Waals surface area contributed by atoms with Crippen LogP contribution in [-0.4, -0.2) is 20.9 Å². The molecule has 1 amide bonds. The first-order chi connectivity index (χ1) is 14.0. The van der Waals surface area contributed by atoms with E-state index >= 15 is 0 Å². The van der Waals surface area contributed by atoms with Gasteiger partial charge in [-0.25, -0.2) is 8.42 Å². The number of nitrogens with zero attached hydrogens (tertiary/aromatic N) is 1. The third kappa shape index (κ3) is 5.23. The molecule has 0 bridgehead atoms. The third-order valence-corrected chi connectivity index (χ3v) is 6.37. The number of rotatable bonds is 8. The molecule has 0 unspecified atom stereocenters. The summed E-state index contributed by atoms with van der Waals surface area (Å²) >= 11 is 0. The normalized spacial score (nSPS) is 11.1. The Morgan fingerprint density at radius 1 is 0.828 bits per heavy atom. The molecule has 0 aliphatic carbocycles. The summed E-state index contributed by atoms with van der Waals surface area (Å²) in [6, 6.07) is 24.9. The van der Waals surface area contributed by atoms with Gasteiger partial charge in [-0.15, -0.1) is 0 Å². The lowest BCUT2D eigenvalue weighted by atomic mass is 10.1. The molecular formula is C23H24N2O3S. The second kappa shape index (κ2) is 9.39. The first kappa shape index (κ1) is 20.6. The molecule has 0 radical (unpaired) electrons. The van der Waals surface area contributed by atoms with Gasteiger partial charge < -0.3 is 5.32 Å². The minimum atomic E-state index is -3.88. The van der Waals surface area contributed by atoms with E-state index in [4.69, 9.17) is 0 Å². The summed E-state index contributed by atoms with van der Waals surface area (Å²) in [5, 5.41) is 2.80. The van der Waals surface area contributed by atoms with Gasteiger partial charge in [0.2, 0.25) is 5.91 Å². The van der Waals surface area contributed by atoms with Crippen LogP contribution in [0.25, 0.3) is 0 Å². The summed E-state index contributed by atoms with van der Waals surface area (Å²) in [6.07, 6.45) is 0.850. The molecule has 0 heterocycles. The highest BCUT2D eigenvalue weighted by Crippen LogP contribution is 2.24. The lowest BCUT2D eigenvalue weighted by Crippen LogP contribution is -2.40. The predicted octanol–water partition coefficient (Wildman–Crippen LogP) is 3.76. The molecule has 3 rings (SSSR count). The molecule has 3 aromatic carbocycles. The summed E-state index contributed by atoms with van der Waals surface area (Å²) in [6.45, 7) is 2.08. The Morgan fingerprint density at radius 2 is 1.41 bits per heavy atom. The molecule has 0 atom stereocenters. The number of carbonyl (C=O) groups is 1. The highest BCUT2D eigenvalue weighted by molar-refractivity contribution is 7.92. The summed E-state index contributed by atoms with van der Waals surface area (Å²) in [5.74, 6) is -0.368. The number of anilines is 1. The Morgan fingerprint density at radius 3 is 2.00 bits per heavy atom. The van der Waals surface area contributed by atoms with Crippen molar-refractivity contribution in [3.63, 3.8) is 0 Å². The molecule has 3 aromatic rings. The molecule has 0 spiro atoms. The molecule has 29 heavy (non-hydrogen) atoms. The van der Waals surface area contributed by atoms with Gasteiger partial charge in [0, 0.05) is 6.54 Å². The van der Waals surface area contributed by atoms with E-state index in [-0.39, 0.29) is 17.3 Å². The molecule has 5 nitrogen and oxygen atoms in total. The number of hydrogen-bond donors (Lipinski definition) is 1. The van der Waals surface area contributed by atoms with Gasteiger partial charge in [-0.1, -0.05) is 67.6 Å². The van der Waals surface area contributed by atoms with Crippen LogP contribution in [0.2, 0.25) is 0 Å². The maximum Gasteiger partial charge on any atom is 0.264 e. The molecule has 0 saturated carbocycles. The lowest BCUT2D eigenvalue weighted by Gasteiger charge is -2.24. The molecule has 0 aliphatic heterocycles. The number of sulfonamides is 1. The molecule has 0 aliphatic rings. The minimum Gasteiger partial charge on any atom is -0.350 e. The summed E-state index contributed by atoms with van der Waals surface area (Å²) < 4.78 is 27.6. The smallest absolute Gasteiger partial charge is 0.264 e. The van der Waals surface area contributed by atoms with E-state index in [0.717, 1.165) is 21.9 Å². The van der Waals surface area contributed by atoms with Crippen molar-refractivity contribution in [2.75, 3.05) is 10.8 Å². The molecule has 0 saturated heterocycles. The van der Waals surface area contributed by atoms with E-state index in [9.17, 15) is 13.2 Å². The highest BCUT2D eigenvalue weighted by atomic mass is 32.2. The van der Waals surface area contributed by atoms with Crippen LogP contribution in [0.4, 0.5) is 5.69 Å². The average molecular weight is 409 g/mol. The van der Waals surface area contributed by atoms with E-state index in [1.54, 1.807) is 30.3 Å². The van der Waals surface area contributed by atoms with Gasteiger partial charge in [0.25, 0.3) is 10.0 Å². The Bertz CT molecular complexity index is 1030. The second-order valence-electron chi connectivity index (χ2n) is 6.61. The van der Waals surface area contributed by atoms with E-state index in [1.807, 2.05) is 49.4 Å². The second-order valence-corrected chi connectivity index (χ2v) is 8.47. The molecular weight excluding hydrogens is 384 g/mol. The van der Waals surface area contributed by atoms with Crippen molar-refractivity contribution in [3.8, 4) is 0 Å². The van der Waals surface area contributed by atoms with Crippen LogP contribution >= 0.6 is 0 Å². The first-order valence-electron chi connectivity index (χ1n) is 9.48. The van der Waals surface area contributed by atoms with Gasteiger partial charge in [-0.3, -0.25) is 9.10 Å². The number of benzene rings is 3. The minimum absolute atomic E-state index is 0.149. The van der Waals surface area contributed by atoms with Crippen molar-refractivity contribution in [1.29, 1.82) is 0 Å². The SMILES string of the molecule is CCc1ccc(N(CC(=O)NCc2ccccc2)S(=O)(=O)c2ccccc2)cc1. The van der Waals surface area contributed by atoms with Crippen molar-refractivity contribution < 1.29 is 13.2 Å². The van der Waals surface area contributed by atoms with Crippen molar-refractivity contribution in [3.05, 3.63) is 96.1 Å². The Hall–Kier alpha value is -3.12. The Labute approximate surface area is 172 Å². The Kier molecular flexibility index (Phi) is 6.67. The van der Waals surface area contributed by atoms with Crippen LogP contribution in [0.3, 0.4) is 0 Å². The zero-order valence-electron chi connectivity index (χ0n) is 16.3. The van der Waals surface area contributed by atoms with E-state index < -0.39 is 10.0 Å². The number of nitrogens with one attached hydrogen (secondary N) is 1. The maximum absolute atomic E-state index is 13.2. The van der Waals surface area contributed by atoms with Gasteiger partial charge in [0.05, 0.1) is 10.6 Å². The zero-order valence-corrected chi connectivity index (χ0v) is 17.1. The first-order valence-corrected chi connectivity index (χ1v) is 10.9. The van der Waals surface area contributed by atoms with Gasteiger partial charge in [-0.05, 0) is 41.8 Å². The van der Waals surface area contributed by atoms with Crippen molar-refractivity contribution >= 4 is 21.6 Å². The standard InChI is InChI=1S/C23H24N2O3S/c1-2-19-13-15-21(16-14-19)25(29(27,28)22-11-7-4-8-12-22)18-23(26)24-17-20-9-5-3-6-10-20/h3-16H,2,17-18H2,1H3,(H,24,26). The van der Waals surface area contributed by atoms with Gasteiger partial charge >= 0.3 is 0 Å². The predicted molar refractivity (Wildman–Crippen MR) is 115 cm³/mol. The summed E-state index contributed by atoms with van der Waals surface area (Å²) in [4.78, 5) is 12.7. The third-order valence-electron chi connectivity index (χ3n) is 4.58. The Balaban J connectivity index is 1.85. The number of hydrogen-bond acceptors (Lipinski definition) is 3. The zero-order chi connectivity index (χ0) is 20.7. The number of amides is 1. The molecule has 1 N–H and O–H groups in total. The van der Waals surface area contributed by atoms with Crippen LogP contribution in [0.15, 0.2) is 89.8 Å². The van der Waals surface area contributed by atoms with Crippen LogP contribution in [-0.2, 0) is 27.8 Å². The van der Waals surface area contributed by atoms with Crippen LogP contribution in [0.1, 0.15) is 18.1 Å². The average Bonchev–Trinajstić information content (AvgIpc) is 2.77. The summed E-state index contributed by atoms with van der Waals surface area (Å²) in [7, 11) is -3.88. The quantitative estimate of drug-likeness (QED) is 0.617. The number of aryl methyl sites for hydroxylation is 1. The van der Waals surface area contributed by atoms with Crippen molar-refractivity contribution in [2.45, 2.75) is 24.8 Å². The fraction of sp³-hybridized carbons (Fsp3) is 0.174. The van der Waals surface area contributed by atoms with E-state index in [1.165, 1.54) is 12.1 Å². The van der Waals surface area contributed by atoms with Crippen molar-refractivity contribution in [1.82, 2.24) is 5.32 Å². The molecule has 0 aromatic heterocycles. The molecule has 6 heteroatoms. The van der Waals surface area contributed by atoms with Gasteiger partial charge in [-0.2, -0.15) is 0 Å². The van der Waals surface area contributed by atoms with Gasteiger partial charge in [0.15, 0.2) is 0 Å². The monoisotopic (exact) mass is 408 g/mol. The van der Waals surface area contributed by atoms with E-state index in [2.05, 4.69) is 5.32 Å². The van der Waals surface area contributed by atoms with Crippen LogP contribution in [0.5, 0.6) is 0 Å². The lowest BCUT2D eigenvalue weighted by molar-refractivity contribution is -0.119. The largest absolute Gasteiger partial charge is 0.350 e. The number of carbonyl (C=O) groups excluding carboxylic acids is 1. The fourth-order valence-corrected chi connectivity index (χ4v) is 4.36. The van der Waals surface area contributed by atoms with Crippen LogP contribution < -0.4 is 9.62 Å².